The van der Waals surface area contributed by atoms with Gasteiger partial charge in [0.15, 0.2) is 5.13 Å². The van der Waals surface area contributed by atoms with Gasteiger partial charge in [-0.25, -0.2) is 4.98 Å². The first-order valence-electron chi connectivity index (χ1n) is 11.4. The molecule has 1 saturated heterocycles. The topological polar surface area (TPSA) is 111 Å². The van der Waals surface area contributed by atoms with Crippen LogP contribution in [0.2, 0.25) is 5.02 Å². The van der Waals surface area contributed by atoms with Crippen LogP contribution in [-0.4, -0.2) is 54.2 Å². The van der Waals surface area contributed by atoms with Gasteiger partial charge in [0.1, 0.15) is 17.0 Å². The largest absolute Gasteiger partial charge is 0.494 e. The van der Waals surface area contributed by atoms with E-state index >= 15 is 0 Å². The van der Waals surface area contributed by atoms with Crippen LogP contribution in [-0.2, 0) is 11.3 Å². The molecule has 5 rings (SSSR count). The summed E-state index contributed by atoms with van der Waals surface area (Å²) in [4.78, 5) is 37.6. The fraction of sp³-hybridized carbons (Fsp3) is 0.240. The predicted octanol–water partition coefficient (Wildman–Crippen LogP) is 4.95. The molecule has 0 atom stereocenters. The number of nitro benzene ring substituents is 1. The maximum Gasteiger partial charge on any atom is 0.293 e. The molecule has 0 saturated carbocycles. The van der Waals surface area contributed by atoms with Crippen molar-refractivity contribution in [3.05, 3.63) is 81.1 Å². The maximum atomic E-state index is 13.9. The SMILES string of the molecule is COc1ccc(Cl)c2sc(N(Cc3cccnc3)C(=O)c3ccc(N4CCOCC4)c([N+](=O)[O-])c3)nc12. The minimum atomic E-state index is -0.463. The summed E-state index contributed by atoms with van der Waals surface area (Å²) < 4.78 is 11.5. The van der Waals surface area contributed by atoms with Crippen LogP contribution >= 0.6 is 22.9 Å². The minimum Gasteiger partial charge on any atom is -0.494 e. The number of nitrogens with zero attached hydrogens (tertiary/aromatic N) is 5. The number of carbonyl (C=O) groups excluding carboxylic acids is 1. The van der Waals surface area contributed by atoms with E-state index in [0.717, 1.165) is 5.56 Å². The lowest BCUT2D eigenvalue weighted by molar-refractivity contribution is -0.384. The van der Waals surface area contributed by atoms with Crippen LogP contribution in [0.1, 0.15) is 15.9 Å². The van der Waals surface area contributed by atoms with Crippen LogP contribution in [0.4, 0.5) is 16.5 Å². The first-order valence-corrected chi connectivity index (χ1v) is 12.6. The minimum absolute atomic E-state index is 0.136. The van der Waals surface area contributed by atoms with Crippen LogP contribution < -0.4 is 14.5 Å². The molecule has 0 radical (unpaired) electrons. The highest BCUT2D eigenvalue weighted by molar-refractivity contribution is 7.23. The Balaban J connectivity index is 1.58. The second-order valence-electron chi connectivity index (χ2n) is 8.24. The molecule has 0 aliphatic carbocycles. The Morgan fingerprint density at radius 2 is 2.08 bits per heavy atom. The summed E-state index contributed by atoms with van der Waals surface area (Å²) in [6, 6.07) is 11.6. The van der Waals surface area contributed by atoms with Crippen molar-refractivity contribution in [2.45, 2.75) is 6.54 Å². The molecule has 2 aromatic heterocycles. The first-order chi connectivity index (χ1) is 18.0. The van der Waals surface area contributed by atoms with Gasteiger partial charge in [0.05, 0.1) is 41.5 Å². The number of aromatic nitrogens is 2. The highest BCUT2D eigenvalue weighted by atomic mass is 35.5. The molecule has 1 amide bonds. The number of nitro groups is 1. The summed E-state index contributed by atoms with van der Waals surface area (Å²) in [5, 5.41) is 12.8. The second kappa shape index (κ2) is 10.7. The van der Waals surface area contributed by atoms with Crippen molar-refractivity contribution in [2.24, 2.45) is 0 Å². The molecule has 4 aromatic rings. The molecule has 2 aromatic carbocycles. The Labute approximate surface area is 221 Å². The van der Waals surface area contributed by atoms with E-state index in [4.69, 9.17) is 21.1 Å². The van der Waals surface area contributed by atoms with Crippen molar-refractivity contribution < 1.29 is 19.2 Å². The van der Waals surface area contributed by atoms with E-state index in [0.29, 0.717) is 58.1 Å². The Morgan fingerprint density at radius 1 is 1.27 bits per heavy atom. The number of carbonyl (C=O) groups is 1. The highest BCUT2D eigenvalue weighted by Crippen LogP contribution is 2.40. The molecule has 3 heterocycles. The third-order valence-electron chi connectivity index (χ3n) is 5.98. The van der Waals surface area contributed by atoms with Crippen molar-refractivity contribution in [1.29, 1.82) is 0 Å². The Hall–Kier alpha value is -3.80. The number of ether oxygens (including phenoxy) is 2. The third kappa shape index (κ3) is 5.06. The number of methoxy groups -OCH3 is 1. The number of pyridine rings is 1. The number of thiazole rings is 1. The fourth-order valence-electron chi connectivity index (χ4n) is 4.15. The molecule has 190 valence electrons. The van der Waals surface area contributed by atoms with E-state index in [-0.39, 0.29) is 17.8 Å². The number of hydrogen-bond donors (Lipinski definition) is 0. The molecule has 10 nitrogen and oxygen atoms in total. The number of amides is 1. The highest BCUT2D eigenvalue weighted by Gasteiger charge is 2.28. The van der Waals surface area contributed by atoms with Crippen molar-refractivity contribution in [2.75, 3.05) is 43.2 Å². The quantitative estimate of drug-likeness (QED) is 0.240. The normalized spacial score (nSPS) is 13.5. The summed E-state index contributed by atoms with van der Waals surface area (Å²) >= 11 is 7.67. The van der Waals surface area contributed by atoms with E-state index in [2.05, 4.69) is 9.97 Å². The first kappa shape index (κ1) is 24.9. The van der Waals surface area contributed by atoms with Crippen LogP contribution in [0.15, 0.2) is 54.9 Å². The molecule has 12 heteroatoms. The number of benzene rings is 2. The molecule has 0 unspecified atom stereocenters. The zero-order valence-electron chi connectivity index (χ0n) is 19.8. The van der Waals surface area contributed by atoms with Crippen LogP contribution in [0.25, 0.3) is 10.2 Å². The van der Waals surface area contributed by atoms with E-state index in [1.807, 2.05) is 11.0 Å². The van der Waals surface area contributed by atoms with Crippen molar-refractivity contribution in [3.63, 3.8) is 0 Å². The van der Waals surface area contributed by atoms with Gasteiger partial charge >= 0.3 is 0 Å². The Morgan fingerprint density at radius 3 is 2.78 bits per heavy atom. The lowest BCUT2D eigenvalue weighted by Gasteiger charge is -2.28. The van der Waals surface area contributed by atoms with Crippen molar-refractivity contribution >= 4 is 55.6 Å². The zero-order chi connectivity index (χ0) is 25.9. The molecule has 1 aliphatic rings. The number of fused-ring (bicyclic) bond motifs is 1. The molecule has 0 bridgehead atoms. The summed E-state index contributed by atoms with van der Waals surface area (Å²) in [6.07, 6.45) is 3.30. The molecule has 1 aliphatic heterocycles. The molecule has 37 heavy (non-hydrogen) atoms. The van der Waals surface area contributed by atoms with Gasteiger partial charge in [-0.05, 0) is 35.9 Å². The number of morpholine rings is 1. The lowest BCUT2D eigenvalue weighted by atomic mass is 10.1. The summed E-state index contributed by atoms with van der Waals surface area (Å²) in [6.45, 7) is 2.21. The summed E-state index contributed by atoms with van der Waals surface area (Å²) in [5.41, 5.74) is 1.80. The standard InChI is InChI=1S/C25H22ClN5O5S/c1-35-21-7-5-18(26)23-22(21)28-25(37-23)30(15-16-3-2-8-27-14-16)24(32)17-4-6-19(20(13-17)31(33)34)29-9-11-36-12-10-29/h2-8,13-14H,9-12,15H2,1H3. The Kier molecular flexibility index (Phi) is 7.17. The molecular weight excluding hydrogens is 518 g/mol. The van der Waals surface area contributed by atoms with Gasteiger partial charge in [-0.2, -0.15) is 0 Å². The summed E-state index contributed by atoms with van der Waals surface area (Å²) in [7, 11) is 1.54. The summed E-state index contributed by atoms with van der Waals surface area (Å²) in [5.74, 6) is 0.0933. The molecule has 0 spiro atoms. The van der Waals surface area contributed by atoms with Gasteiger partial charge in [0.25, 0.3) is 11.6 Å². The van der Waals surface area contributed by atoms with E-state index in [1.54, 1.807) is 42.7 Å². The van der Waals surface area contributed by atoms with Crippen LogP contribution in [0, 0.1) is 10.1 Å². The number of halogens is 1. The van der Waals surface area contributed by atoms with Gasteiger partial charge in [0.2, 0.25) is 0 Å². The predicted molar refractivity (Wildman–Crippen MR) is 142 cm³/mol. The Bertz CT molecular complexity index is 1460. The number of rotatable bonds is 7. The van der Waals surface area contributed by atoms with Gasteiger partial charge in [0, 0.05) is 37.1 Å². The number of anilines is 2. The van der Waals surface area contributed by atoms with Gasteiger partial charge in [-0.1, -0.05) is 29.0 Å². The van der Waals surface area contributed by atoms with E-state index in [9.17, 15) is 14.9 Å². The third-order valence-corrected chi connectivity index (χ3v) is 7.52. The van der Waals surface area contributed by atoms with Crippen molar-refractivity contribution in [3.8, 4) is 5.75 Å². The fourth-order valence-corrected chi connectivity index (χ4v) is 5.41. The monoisotopic (exact) mass is 539 g/mol. The second-order valence-corrected chi connectivity index (χ2v) is 9.62. The van der Waals surface area contributed by atoms with E-state index < -0.39 is 10.8 Å². The maximum absolute atomic E-state index is 13.9. The molecule has 1 fully saturated rings. The average Bonchev–Trinajstić information content (AvgIpc) is 3.38. The van der Waals surface area contributed by atoms with Crippen molar-refractivity contribution in [1.82, 2.24) is 9.97 Å². The lowest BCUT2D eigenvalue weighted by Crippen LogP contribution is -2.36. The smallest absolute Gasteiger partial charge is 0.293 e. The average molecular weight is 540 g/mol. The van der Waals surface area contributed by atoms with Crippen LogP contribution in [0.3, 0.4) is 0 Å². The molecule has 0 N–H and O–H groups in total. The van der Waals surface area contributed by atoms with Crippen LogP contribution in [0.5, 0.6) is 5.75 Å². The molecular formula is C25H22ClN5O5S. The number of hydrogen-bond acceptors (Lipinski definition) is 9. The zero-order valence-corrected chi connectivity index (χ0v) is 21.4. The van der Waals surface area contributed by atoms with Gasteiger partial charge in [-0.15, -0.1) is 0 Å². The van der Waals surface area contributed by atoms with Gasteiger partial charge < -0.3 is 14.4 Å². The van der Waals surface area contributed by atoms with Gasteiger partial charge in [-0.3, -0.25) is 24.8 Å². The van der Waals surface area contributed by atoms with E-state index in [1.165, 1.54) is 29.4 Å².